The number of hydrogen-bond donors (Lipinski definition) is 1. The molecule has 3 unspecified atom stereocenters. The fraction of sp³-hybridized carbons (Fsp3) is 1.00. The Morgan fingerprint density at radius 2 is 1.95 bits per heavy atom. The van der Waals surface area contributed by atoms with Gasteiger partial charge < -0.3 is 10.1 Å². The fourth-order valence-corrected chi connectivity index (χ4v) is 3.65. The zero-order valence-corrected chi connectivity index (χ0v) is 13.7. The van der Waals surface area contributed by atoms with Crippen LogP contribution in [0.15, 0.2) is 0 Å². The summed E-state index contributed by atoms with van der Waals surface area (Å²) in [7, 11) is 0. The van der Waals surface area contributed by atoms with E-state index >= 15 is 0 Å². The molecule has 0 saturated carbocycles. The Kier molecular flexibility index (Phi) is 6.79. The SMILES string of the molecule is CCCC1CCCCN1CC1CCC(CNC(C)C)O1. The van der Waals surface area contributed by atoms with Gasteiger partial charge in [-0.2, -0.15) is 0 Å². The van der Waals surface area contributed by atoms with E-state index in [0.717, 1.165) is 12.6 Å². The Hall–Kier alpha value is -0.120. The predicted octanol–water partition coefficient (Wildman–Crippen LogP) is 3.19. The Balaban J connectivity index is 1.72. The molecule has 3 heteroatoms. The largest absolute Gasteiger partial charge is 0.372 e. The smallest absolute Gasteiger partial charge is 0.0707 e. The molecule has 0 aromatic carbocycles. The van der Waals surface area contributed by atoms with E-state index < -0.39 is 0 Å². The van der Waals surface area contributed by atoms with Crippen molar-refractivity contribution >= 4 is 0 Å². The van der Waals surface area contributed by atoms with Gasteiger partial charge in [-0.25, -0.2) is 0 Å². The third-order valence-electron chi connectivity index (χ3n) is 4.76. The quantitative estimate of drug-likeness (QED) is 0.776. The van der Waals surface area contributed by atoms with Crippen LogP contribution in [0.3, 0.4) is 0 Å². The normalized spacial score (nSPS) is 32.1. The molecule has 2 rings (SSSR count). The zero-order chi connectivity index (χ0) is 14.4. The molecule has 2 aliphatic heterocycles. The van der Waals surface area contributed by atoms with Crippen molar-refractivity contribution < 1.29 is 4.74 Å². The summed E-state index contributed by atoms with van der Waals surface area (Å²) in [4.78, 5) is 2.72. The van der Waals surface area contributed by atoms with Crippen molar-refractivity contribution in [1.82, 2.24) is 10.2 Å². The molecule has 2 saturated heterocycles. The van der Waals surface area contributed by atoms with Gasteiger partial charge in [-0.15, -0.1) is 0 Å². The van der Waals surface area contributed by atoms with E-state index in [2.05, 4.69) is 31.0 Å². The first-order chi connectivity index (χ1) is 9.69. The minimum Gasteiger partial charge on any atom is -0.372 e. The monoisotopic (exact) mass is 282 g/mol. The van der Waals surface area contributed by atoms with Crippen molar-refractivity contribution in [3.05, 3.63) is 0 Å². The van der Waals surface area contributed by atoms with Crippen molar-refractivity contribution in [2.45, 2.75) is 90.0 Å². The maximum absolute atomic E-state index is 6.24. The lowest BCUT2D eigenvalue weighted by Gasteiger charge is -2.37. The van der Waals surface area contributed by atoms with Gasteiger partial charge >= 0.3 is 0 Å². The molecule has 0 spiro atoms. The maximum Gasteiger partial charge on any atom is 0.0707 e. The van der Waals surface area contributed by atoms with Gasteiger partial charge in [-0.1, -0.05) is 33.6 Å². The minimum atomic E-state index is 0.441. The summed E-state index contributed by atoms with van der Waals surface area (Å²) in [5.41, 5.74) is 0. The Morgan fingerprint density at radius 1 is 1.15 bits per heavy atom. The van der Waals surface area contributed by atoms with Crippen LogP contribution < -0.4 is 5.32 Å². The predicted molar refractivity (Wildman–Crippen MR) is 85.2 cm³/mol. The lowest BCUT2D eigenvalue weighted by molar-refractivity contribution is 0.00563. The molecule has 0 amide bonds. The molecule has 0 bridgehead atoms. The number of piperidine rings is 1. The second-order valence-corrected chi connectivity index (χ2v) is 6.95. The Bertz CT molecular complexity index is 268. The summed E-state index contributed by atoms with van der Waals surface area (Å²) in [6.07, 6.45) is 10.3. The van der Waals surface area contributed by atoms with Crippen LogP contribution in [-0.4, -0.2) is 48.8 Å². The molecule has 0 aromatic rings. The van der Waals surface area contributed by atoms with Crippen molar-refractivity contribution in [2.75, 3.05) is 19.6 Å². The van der Waals surface area contributed by atoms with Crippen LogP contribution in [0.5, 0.6) is 0 Å². The molecule has 1 N–H and O–H groups in total. The van der Waals surface area contributed by atoms with Gasteiger partial charge in [0.05, 0.1) is 12.2 Å². The van der Waals surface area contributed by atoms with Crippen LogP contribution in [0.4, 0.5) is 0 Å². The second-order valence-electron chi connectivity index (χ2n) is 6.95. The minimum absolute atomic E-state index is 0.441. The molecule has 3 atom stereocenters. The van der Waals surface area contributed by atoms with E-state index in [1.165, 1.54) is 58.0 Å². The van der Waals surface area contributed by atoms with Crippen LogP contribution in [0.2, 0.25) is 0 Å². The standard InChI is InChI=1S/C17H34N2O/c1-4-7-15-8-5-6-11-19(15)13-17-10-9-16(20-17)12-18-14(2)3/h14-18H,4-13H2,1-3H3. The highest BCUT2D eigenvalue weighted by atomic mass is 16.5. The summed E-state index contributed by atoms with van der Waals surface area (Å²) < 4.78 is 6.24. The maximum atomic E-state index is 6.24. The van der Waals surface area contributed by atoms with Gasteiger partial charge in [-0.05, 0) is 38.6 Å². The average Bonchev–Trinajstić information content (AvgIpc) is 2.87. The number of nitrogens with one attached hydrogen (secondary N) is 1. The highest BCUT2D eigenvalue weighted by Gasteiger charge is 2.30. The van der Waals surface area contributed by atoms with Crippen LogP contribution in [-0.2, 0) is 4.74 Å². The van der Waals surface area contributed by atoms with E-state index in [1.54, 1.807) is 0 Å². The molecule has 118 valence electrons. The number of ether oxygens (including phenoxy) is 1. The molecular weight excluding hydrogens is 248 g/mol. The number of rotatable bonds is 7. The van der Waals surface area contributed by atoms with Gasteiger partial charge in [0.25, 0.3) is 0 Å². The number of likely N-dealkylation sites (tertiary alicyclic amines) is 1. The van der Waals surface area contributed by atoms with E-state index in [4.69, 9.17) is 4.74 Å². The van der Waals surface area contributed by atoms with Crippen molar-refractivity contribution in [3.8, 4) is 0 Å². The molecular formula is C17H34N2O. The van der Waals surface area contributed by atoms with Crippen molar-refractivity contribution in [2.24, 2.45) is 0 Å². The Labute approximate surface area is 125 Å². The first-order valence-corrected chi connectivity index (χ1v) is 8.82. The highest BCUT2D eigenvalue weighted by Crippen LogP contribution is 2.25. The Morgan fingerprint density at radius 3 is 2.70 bits per heavy atom. The summed E-state index contributed by atoms with van der Waals surface area (Å²) in [5.74, 6) is 0. The second kappa shape index (κ2) is 8.35. The molecule has 0 aromatic heterocycles. The van der Waals surface area contributed by atoms with Gasteiger partial charge in [0.2, 0.25) is 0 Å². The number of nitrogens with zero attached hydrogens (tertiary/aromatic N) is 1. The van der Waals surface area contributed by atoms with Gasteiger partial charge in [0.1, 0.15) is 0 Å². The fourth-order valence-electron chi connectivity index (χ4n) is 3.65. The van der Waals surface area contributed by atoms with E-state index in [-0.39, 0.29) is 0 Å². The third-order valence-corrected chi connectivity index (χ3v) is 4.76. The molecule has 2 aliphatic rings. The number of hydrogen-bond acceptors (Lipinski definition) is 3. The van der Waals surface area contributed by atoms with Gasteiger partial charge in [-0.3, -0.25) is 4.90 Å². The lowest BCUT2D eigenvalue weighted by atomic mass is 9.97. The van der Waals surface area contributed by atoms with Crippen LogP contribution >= 0.6 is 0 Å². The molecule has 0 aliphatic carbocycles. The van der Waals surface area contributed by atoms with Crippen LogP contribution in [0, 0.1) is 0 Å². The van der Waals surface area contributed by atoms with E-state index in [0.29, 0.717) is 18.2 Å². The molecule has 2 fully saturated rings. The van der Waals surface area contributed by atoms with Crippen molar-refractivity contribution in [3.63, 3.8) is 0 Å². The third kappa shape index (κ3) is 5.01. The first kappa shape index (κ1) is 16.3. The first-order valence-electron chi connectivity index (χ1n) is 8.82. The van der Waals surface area contributed by atoms with Gasteiger partial charge in [0.15, 0.2) is 0 Å². The van der Waals surface area contributed by atoms with E-state index in [1.807, 2.05) is 0 Å². The zero-order valence-electron chi connectivity index (χ0n) is 13.7. The molecule has 2 heterocycles. The summed E-state index contributed by atoms with van der Waals surface area (Å²) in [6, 6.07) is 1.39. The summed E-state index contributed by atoms with van der Waals surface area (Å²) in [6.45, 7) is 10.2. The molecule has 3 nitrogen and oxygen atoms in total. The molecule has 20 heavy (non-hydrogen) atoms. The van der Waals surface area contributed by atoms with E-state index in [9.17, 15) is 0 Å². The topological polar surface area (TPSA) is 24.5 Å². The molecule has 0 radical (unpaired) electrons. The van der Waals surface area contributed by atoms with Crippen LogP contribution in [0.1, 0.15) is 65.7 Å². The summed E-state index contributed by atoms with van der Waals surface area (Å²) in [5, 5.41) is 3.50. The highest BCUT2D eigenvalue weighted by molar-refractivity contribution is 4.83. The van der Waals surface area contributed by atoms with Gasteiger partial charge in [0, 0.05) is 25.2 Å². The lowest BCUT2D eigenvalue weighted by Crippen LogP contribution is -2.44. The summed E-state index contributed by atoms with van der Waals surface area (Å²) >= 11 is 0. The van der Waals surface area contributed by atoms with Crippen LogP contribution in [0.25, 0.3) is 0 Å². The van der Waals surface area contributed by atoms with Crippen molar-refractivity contribution in [1.29, 1.82) is 0 Å². The average molecular weight is 282 g/mol.